The molecule has 2 aliphatic rings. The molecule has 1 unspecified atom stereocenters. The molecule has 1 atom stereocenters. The minimum Gasteiger partial charge on any atom is -0.366 e. The zero-order chi connectivity index (χ0) is 18.6. The first-order valence-electron chi connectivity index (χ1n) is 9.66. The summed E-state index contributed by atoms with van der Waals surface area (Å²) in [5, 5.41) is 2.89. The number of fused-ring (bicyclic) bond motifs is 1. The third kappa shape index (κ3) is 4.38. The van der Waals surface area contributed by atoms with Crippen LogP contribution in [-0.4, -0.2) is 55.2 Å². The molecular formula is C22H27N3O2. The van der Waals surface area contributed by atoms with E-state index in [9.17, 15) is 4.79 Å². The zero-order valence-electron chi connectivity index (χ0n) is 15.9. The fourth-order valence-corrected chi connectivity index (χ4v) is 4.02. The second kappa shape index (κ2) is 8.21. The molecule has 1 fully saturated rings. The van der Waals surface area contributed by atoms with Gasteiger partial charge in [0.15, 0.2) is 0 Å². The maximum atomic E-state index is 11.6. The molecule has 142 valence electrons. The Bertz CT molecular complexity index is 785. The molecule has 0 radical (unpaired) electrons. The number of rotatable bonds is 6. The molecule has 1 saturated heterocycles. The predicted molar refractivity (Wildman–Crippen MR) is 107 cm³/mol. The van der Waals surface area contributed by atoms with Gasteiger partial charge in [0.25, 0.3) is 0 Å². The van der Waals surface area contributed by atoms with Gasteiger partial charge in [0, 0.05) is 51.9 Å². The highest BCUT2D eigenvalue weighted by Gasteiger charge is 2.25. The summed E-state index contributed by atoms with van der Waals surface area (Å²) in [6, 6.07) is 16.9. The van der Waals surface area contributed by atoms with Crippen LogP contribution in [0.15, 0.2) is 48.5 Å². The van der Waals surface area contributed by atoms with Gasteiger partial charge in [-0.15, -0.1) is 0 Å². The van der Waals surface area contributed by atoms with E-state index in [1.165, 1.54) is 11.1 Å². The molecule has 1 N–H and O–H groups in total. The zero-order valence-corrected chi connectivity index (χ0v) is 15.9. The maximum absolute atomic E-state index is 11.6. The molecule has 0 aliphatic carbocycles. The van der Waals surface area contributed by atoms with Crippen LogP contribution in [0.1, 0.15) is 16.7 Å². The molecule has 0 aromatic heterocycles. The number of carbonyl (C=O) groups excluding carboxylic acids is 1. The Morgan fingerprint density at radius 3 is 2.56 bits per heavy atom. The number of ether oxygens (including phenoxy) is 1. The second-order valence-electron chi connectivity index (χ2n) is 7.41. The fourth-order valence-electron chi connectivity index (χ4n) is 4.02. The molecule has 1 amide bonds. The van der Waals surface area contributed by atoms with Crippen molar-refractivity contribution in [2.24, 2.45) is 0 Å². The van der Waals surface area contributed by atoms with Gasteiger partial charge in [0.2, 0.25) is 5.91 Å². The van der Waals surface area contributed by atoms with Crippen molar-refractivity contribution in [3.63, 3.8) is 0 Å². The van der Waals surface area contributed by atoms with Gasteiger partial charge in [-0.05, 0) is 22.8 Å². The monoisotopic (exact) mass is 365 g/mol. The highest BCUT2D eigenvalue weighted by molar-refractivity contribution is 5.99. The lowest BCUT2D eigenvalue weighted by Crippen LogP contribution is -2.51. The predicted octanol–water partition coefficient (Wildman–Crippen LogP) is 2.51. The minimum absolute atomic E-state index is 0.0759. The van der Waals surface area contributed by atoms with Gasteiger partial charge in [-0.1, -0.05) is 42.5 Å². The second-order valence-corrected chi connectivity index (χ2v) is 7.41. The molecule has 0 saturated carbocycles. The van der Waals surface area contributed by atoms with E-state index in [1.54, 1.807) is 7.11 Å². The summed E-state index contributed by atoms with van der Waals surface area (Å²) in [6.07, 6.45) is 1.40. The van der Waals surface area contributed by atoms with Crippen LogP contribution >= 0.6 is 0 Å². The van der Waals surface area contributed by atoms with Gasteiger partial charge >= 0.3 is 0 Å². The third-order valence-electron chi connectivity index (χ3n) is 5.54. The number of anilines is 1. The molecular weight excluding hydrogens is 338 g/mol. The quantitative estimate of drug-likeness (QED) is 0.854. The molecule has 2 aromatic rings. The number of benzene rings is 2. The van der Waals surface area contributed by atoms with Crippen LogP contribution in [0.5, 0.6) is 0 Å². The molecule has 0 bridgehead atoms. The summed E-state index contributed by atoms with van der Waals surface area (Å²) in [5.41, 5.74) is 4.65. The molecule has 2 heterocycles. The molecule has 5 nitrogen and oxygen atoms in total. The van der Waals surface area contributed by atoms with Crippen molar-refractivity contribution < 1.29 is 9.53 Å². The number of methoxy groups -OCH3 is 1. The van der Waals surface area contributed by atoms with Gasteiger partial charge in [-0.2, -0.15) is 0 Å². The van der Waals surface area contributed by atoms with Crippen molar-refractivity contribution >= 4 is 11.6 Å². The minimum atomic E-state index is 0.0759. The number of hydrogen-bond acceptors (Lipinski definition) is 4. The summed E-state index contributed by atoms with van der Waals surface area (Å²) in [4.78, 5) is 16.5. The van der Waals surface area contributed by atoms with Crippen LogP contribution in [0.4, 0.5) is 5.69 Å². The first kappa shape index (κ1) is 18.2. The number of amides is 1. The number of carbonyl (C=O) groups is 1. The highest BCUT2D eigenvalue weighted by atomic mass is 16.5. The van der Waals surface area contributed by atoms with Crippen molar-refractivity contribution in [3.05, 3.63) is 65.2 Å². The Labute approximate surface area is 160 Å². The molecule has 0 spiro atoms. The van der Waals surface area contributed by atoms with Gasteiger partial charge in [0.1, 0.15) is 6.23 Å². The number of hydrogen-bond donors (Lipinski definition) is 1. The maximum Gasteiger partial charge on any atom is 0.228 e. The number of nitrogens with one attached hydrogen (secondary N) is 1. The van der Waals surface area contributed by atoms with Gasteiger partial charge in [-0.25, -0.2) is 0 Å². The van der Waals surface area contributed by atoms with Gasteiger partial charge < -0.3 is 10.1 Å². The van der Waals surface area contributed by atoms with E-state index >= 15 is 0 Å². The summed E-state index contributed by atoms with van der Waals surface area (Å²) >= 11 is 0. The standard InChI is InChI=1S/C22H27N3O2/c1-27-22(14-18-7-8-20-19(13-18)15-21(26)23-20)25-11-9-24(10-12-25)16-17-5-3-2-4-6-17/h2-8,13,22H,9-12,14-16H2,1H3,(H,23,26). The van der Waals surface area contributed by atoms with E-state index in [2.05, 4.69) is 57.6 Å². The highest BCUT2D eigenvalue weighted by Crippen LogP contribution is 2.25. The van der Waals surface area contributed by atoms with Gasteiger partial charge in [-0.3, -0.25) is 14.6 Å². The van der Waals surface area contributed by atoms with Crippen molar-refractivity contribution in [2.75, 3.05) is 38.6 Å². The summed E-state index contributed by atoms with van der Waals surface area (Å²) in [6.45, 7) is 5.14. The Morgan fingerprint density at radius 2 is 1.81 bits per heavy atom. The Hall–Kier alpha value is -2.21. The lowest BCUT2D eigenvalue weighted by atomic mass is 10.0. The first-order valence-corrected chi connectivity index (χ1v) is 9.66. The van der Waals surface area contributed by atoms with Crippen LogP contribution in [0.3, 0.4) is 0 Å². The number of piperazine rings is 1. The molecule has 2 aromatic carbocycles. The Morgan fingerprint density at radius 1 is 1.04 bits per heavy atom. The topological polar surface area (TPSA) is 44.8 Å². The lowest BCUT2D eigenvalue weighted by Gasteiger charge is -2.38. The van der Waals surface area contributed by atoms with E-state index < -0.39 is 0 Å². The van der Waals surface area contributed by atoms with Crippen molar-refractivity contribution in [1.29, 1.82) is 0 Å². The normalized spacial score (nSPS) is 18.9. The third-order valence-corrected chi connectivity index (χ3v) is 5.54. The summed E-state index contributed by atoms with van der Waals surface area (Å²) in [5.74, 6) is 0.0833. The first-order chi connectivity index (χ1) is 13.2. The molecule has 2 aliphatic heterocycles. The van der Waals surface area contributed by atoms with E-state index in [4.69, 9.17) is 4.74 Å². The van der Waals surface area contributed by atoms with Crippen LogP contribution < -0.4 is 5.32 Å². The van der Waals surface area contributed by atoms with Crippen molar-refractivity contribution in [3.8, 4) is 0 Å². The molecule has 27 heavy (non-hydrogen) atoms. The van der Waals surface area contributed by atoms with Crippen LogP contribution in [-0.2, 0) is 28.9 Å². The van der Waals surface area contributed by atoms with Gasteiger partial charge in [0.05, 0.1) is 6.42 Å². The molecule has 4 rings (SSSR count). The summed E-state index contributed by atoms with van der Waals surface area (Å²) < 4.78 is 5.81. The van der Waals surface area contributed by atoms with E-state index in [-0.39, 0.29) is 12.1 Å². The average molecular weight is 365 g/mol. The number of nitrogens with zero attached hydrogens (tertiary/aromatic N) is 2. The van der Waals surface area contributed by atoms with Crippen molar-refractivity contribution in [2.45, 2.75) is 25.6 Å². The van der Waals surface area contributed by atoms with Crippen LogP contribution in [0.25, 0.3) is 0 Å². The SMILES string of the molecule is COC(Cc1ccc2c(c1)CC(=O)N2)N1CCN(Cc2ccccc2)CC1. The Kier molecular flexibility index (Phi) is 5.53. The van der Waals surface area contributed by atoms with Crippen LogP contribution in [0.2, 0.25) is 0 Å². The van der Waals surface area contributed by atoms with E-state index in [0.29, 0.717) is 6.42 Å². The Balaban J connectivity index is 1.33. The summed E-state index contributed by atoms with van der Waals surface area (Å²) in [7, 11) is 1.79. The smallest absolute Gasteiger partial charge is 0.228 e. The van der Waals surface area contributed by atoms with E-state index in [0.717, 1.165) is 50.4 Å². The molecule has 5 heteroatoms. The average Bonchev–Trinajstić information content (AvgIpc) is 3.07. The largest absolute Gasteiger partial charge is 0.366 e. The van der Waals surface area contributed by atoms with E-state index in [1.807, 2.05) is 6.07 Å². The fraction of sp³-hybridized carbons (Fsp3) is 0.409. The van der Waals surface area contributed by atoms with Crippen LogP contribution in [0, 0.1) is 0 Å². The lowest BCUT2D eigenvalue weighted by molar-refractivity contribution is -0.115. The van der Waals surface area contributed by atoms with Crippen molar-refractivity contribution in [1.82, 2.24) is 9.80 Å².